The molecule has 1 aliphatic rings. The number of nitrogens with one attached hydrogen (secondary N) is 1. The number of nitrogens with zero attached hydrogens (tertiary/aromatic N) is 2. The Labute approximate surface area is 161 Å². The third kappa shape index (κ3) is 11.2. The molecule has 7 heteroatoms. The molecule has 1 saturated heterocycles. The first kappa shape index (κ1) is 26.2. The predicted molar refractivity (Wildman–Crippen MR) is 114 cm³/mol. The van der Waals surface area contributed by atoms with Crippen molar-refractivity contribution in [1.82, 2.24) is 15.2 Å². The number of rotatable bonds is 5. The van der Waals surface area contributed by atoms with Gasteiger partial charge in [0.2, 0.25) is 6.41 Å². The Bertz CT molecular complexity index is 429. The van der Waals surface area contributed by atoms with Crippen LogP contribution in [0.2, 0.25) is 0 Å². The van der Waals surface area contributed by atoms with Gasteiger partial charge in [0, 0.05) is 43.1 Å². The Kier molecular flexibility index (Phi) is 18.6. The highest BCUT2D eigenvalue weighted by Crippen LogP contribution is 2.19. The Morgan fingerprint density at radius 3 is 2.04 bits per heavy atom. The van der Waals surface area contributed by atoms with Crippen molar-refractivity contribution in [1.29, 1.82) is 0 Å². The van der Waals surface area contributed by atoms with Gasteiger partial charge in [0.25, 0.3) is 0 Å². The molecule has 5 nitrogen and oxygen atoms in total. The average molecular weight is 391 g/mol. The molecule has 1 amide bonds. The van der Waals surface area contributed by atoms with Gasteiger partial charge in [-0.2, -0.15) is 0 Å². The lowest BCUT2D eigenvalue weighted by atomic mass is 10.1. The molecule has 146 valence electrons. The maximum absolute atomic E-state index is 10.7. The first-order chi connectivity index (χ1) is 12.0. The largest absolute Gasteiger partial charge is 0.368 e. The highest BCUT2D eigenvalue weighted by atomic mass is 35.5. The van der Waals surface area contributed by atoms with Crippen LogP contribution in [0.1, 0.15) is 41.0 Å². The number of carbonyl (C=O) groups excluding carboxylic acids is 1. The Balaban J connectivity index is 0. The van der Waals surface area contributed by atoms with Gasteiger partial charge < -0.3 is 15.2 Å². The van der Waals surface area contributed by atoms with E-state index in [-0.39, 0.29) is 0 Å². The quantitative estimate of drug-likeness (QED) is 0.248. The summed E-state index contributed by atoms with van der Waals surface area (Å²) in [6.07, 6.45) is 7.08. The highest BCUT2D eigenvalue weighted by Gasteiger charge is 2.18. The van der Waals surface area contributed by atoms with Crippen molar-refractivity contribution in [2.24, 2.45) is 5.84 Å². The number of piperazine rings is 1. The van der Waals surface area contributed by atoms with E-state index in [9.17, 15) is 4.79 Å². The molecule has 1 heterocycles. The SMILES string of the molecule is CCC.CCP.C\C=C(NN)/C(C)=C(\C=C\Cl)N1CCN(C=O)CC1. The molecule has 1 fully saturated rings. The molecule has 0 aromatic heterocycles. The van der Waals surface area contributed by atoms with Gasteiger partial charge in [-0.25, -0.2) is 0 Å². The first-order valence-electron chi connectivity index (χ1n) is 8.76. The van der Waals surface area contributed by atoms with E-state index >= 15 is 0 Å². The van der Waals surface area contributed by atoms with Gasteiger partial charge in [0.05, 0.1) is 0 Å². The van der Waals surface area contributed by atoms with E-state index in [1.165, 1.54) is 18.1 Å². The average Bonchev–Trinajstić information content (AvgIpc) is 2.62. The summed E-state index contributed by atoms with van der Waals surface area (Å²) in [4.78, 5) is 14.7. The number of hydrogen-bond acceptors (Lipinski definition) is 4. The number of allylic oxidation sites excluding steroid dienone is 3. The fourth-order valence-corrected chi connectivity index (χ4v) is 2.26. The number of carbonyl (C=O) groups is 1. The van der Waals surface area contributed by atoms with E-state index < -0.39 is 0 Å². The molecular formula is C18H36ClN4OP. The highest BCUT2D eigenvalue weighted by molar-refractivity contribution is 7.16. The number of hydrogen-bond donors (Lipinski definition) is 2. The van der Waals surface area contributed by atoms with Crippen LogP contribution >= 0.6 is 20.8 Å². The first-order valence-corrected chi connectivity index (χ1v) is 10.0. The Hall–Kier alpha value is -1.03. The number of amides is 1. The molecule has 0 saturated carbocycles. The lowest BCUT2D eigenvalue weighted by Crippen LogP contribution is -2.45. The maximum Gasteiger partial charge on any atom is 0.209 e. The minimum Gasteiger partial charge on any atom is -0.368 e. The van der Waals surface area contributed by atoms with Crippen molar-refractivity contribution in [3.05, 3.63) is 34.7 Å². The molecule has 1 atom stereocenters. The number of hydrazine groups is 1. The molecule has 0 aromatic rings. The van der Waals surface area contributed by atoms with E-state index in [2.05, 4.69) is 40.3 Å². The Morgan fingerprint density at radius 1 is 1.24 bits per heavy atom. The summed E-state index contributed by atoms with van der Waals surface area (Å²) in [5, 5.41) is 0. The van der Waals surface area contributed by atoms with E-state index in [1.807, 2.05) is 26.0 Å². The second-order valence-corrected chi connectivity index (χ2v) is 6.46. The van der Waals surface area contributed by atoms with Gasteiger partial charge in [-0.1, -0.05) is 44.9 Å². The van der Waals surface area contributed by atoms with E-state index in [1.54, 1.807) is 4.90 Å². The van der Waals surface area contributed by atoms with E-state index in [4.69, 9.17) is 17.4 Å². The normalized spacial score (nSPS) is 15.6. The summed E-state index contributed by atoms with van der Waals surface area (Å²) in [5.41, 5.74) is 7.09. The van der Waals surface area contributed by atoms with Crippen LogP contribution in [-0.4, -0.2) is 48.6 Å². The molecule has 0 radical (unpaired) electrons. The van der Waals surface area contributed by atoms with E-state index in [0.717, 1.165) is 49.6 Å². The summed E-state index contributed by atoms with van der Waals surface area (Å²) >= 11 is 5.73. The topological polar surface area (TPSA) is 61.6 Å². The fraction of sp³-hybridized carbons (Fsp3) is 0.611. The second-order valence-electron chi connectivity index (χ2n) is 5.39. The van der Waals surface area contributed by atoms with Crippen molar-refractivity contribution >= 4 is 27.3 Å². The molecule has 1 rings (SSSR count). The van der Waals surface area contributed by atoms with Gasteiger partial charge in [-0.15, -0.1) is 9.24 Å². The molecule has 0 spiro atoms. The lowest BCUT2D eigenvalue weighted by molar-refractivity contribution is -0.119. The van der Waals surface area contributed by atoms with Crippen LogP contribution in [0.3, 0.4) is 0 Å². The lowest BCUT2D eigenvalue weighted by Gasteiger charge is -2.35. The van der Waals surface area contributed by atoms with E-state index in [0.29, 0.717) is 0 Å². The van der Waals surface area contributed by atoms with Crippen molar-refractivity contribution in [2.75, 3.05) is 32.3 Å². The summed E-state index contributed by atoms with van der Waals surface area (Å²) in [6.45, 7) is 13.3. The minimum absolute atomic E-state index is 0.720. The maximum atomic E-state index is 10.7. The van der Waals surface area contributed by atoms with Gasteiger partial charge >= 0.3 is 0 Å². The monoisotopic (exact) mass is 390 g/mol. The number of nitrogens with two attached hydrogens (primary N) is 1. The third-order valence-corrected chi connectivity index (χ3v) is 3.38. The molecule has 1 unspecified atom stereocenters. The van der Waals surface area contributed by atoms with Crippen molar-refractivity contribution < 1.29 is 4.79 Å². The van der Waals surface area contributed by atoms with Gasteiger partial charge in [0.15, 0.2) is 0 Å². The summed E-state index contributed by atoms with van der Waals surface area (Å²) in [7, 11) is 2.58. The molecule has 0 bridgehead atoms. The van der Waals surface area contributed by atoms with Crippen molar-refractivity contribution in [2.45, 2.75) is 41.0 Å². The molecule has 0 aliphatic carbocycles. The van der Waals surface area contributed by atoms with Crippen LogP contribution in [-0.2, 0) is 4.79 Å². The minimum atomic E-state index is 0.720. The molecule has 3 N–H and O–H groups in total. The molecule has 25 heavy (non-hydrogen) atoms. The summed E-state index contributed by atoms with van der Waals surface area (Å²) < 4.78 is 0. The molecule has 0 aromatic carbocycles. The fourth-order valence-electron chi connectivity index (χ4n) is 2.14. The smallest absolute Gasteiger partial charge is 0.209 e. The Morgan fingerprint density at radius 2 is 1.72 bits per heavy atom. The van der Waals surface area contributed by atoms with Crippen LogP contribution in [0.4, 0.5) is 0 Å². The summed E-state index contributed by atoms with van der Waals surface area (Å²) in [5.74, 6) is 5.51. The zero-order chi connectivity index (χ0) is 19.7. The van der Waals surface area contributed by atoms with Crippen molar-refractivity contribution in [3.8, 4) is 0 Å². The standard InChI is InChI=1S/C13H21ClN4O.C3H8.C2H7P/c1-3-12(16-15)11(2)13(4-5-14)18-8-6-17(10-19)7-9-18;1-3-2;1-2-3/h3-5,10,16H,6-9,15H2,1-2H3;3H2,1-2H3;2-3H2,1H3/b5-4+,12-3+,13-11+;;. The zero-order valence-corrected chi connectivity index (χ0v) is 18.3. The molecular weight excluding hydrogens is 355 g/mol. The predicted octanol–water partition coefficient (Wildman–Crippen LogP) is 3.45. The van der Waals surface area contributed by atoms with Crippen LogP contribution in [0.5, 0.6) is 0 Å². The van der Waals surface area contributed by atoms with Gasteiger partial charge in [-0.3, -0.25) is 10.6 Å². The van der Waals surface area contributed by atoms with Gasteiger partial charge in [-0.05, 0) is 31.7 Å². The number of halogens is 1. The molecule has 1 aliphatic heterocycles. The third-order valence-electron chi connectivity index (χ3n) is 3.26. The zero-order valence-electron chi connectivity index (χ0n) is 16.4. The van der Waals surface area contributed by atoms with Crippen LogP contribution in [0, 0.1) is 0 Å². The van der Waals surface area contributed by atoms with Crippen molar-refractivity contribution in [3.63, 3.8) is 0 Å². The van der Waals surface area contributed by atoms with Crippen LogP contribution < -0.4 is 11.3 Å². The second kappa shape index (κ2) is 17.8. The summed E-state index contributed by atoms with van der Waals surface area (Å²) in [6, 6.07) is 0. The van der Waals surface area contributed by atoms with Crippen LogP contribution in [0.25, 0.3) is 0 Å². The van der Waals surface area contributed by atoms with Gasteiger partial charge in [0.1, 0.15) is 0 Å². The van der Waals surface area contributed by atoms with Crippen LogP contribution in [0.15, 0.2) is 34.7 Å².